The molecule has 35 heavy (non-hydrogen) atoms. The van der Waals surface area contributed by atoms with Crippen LogP contribution in [0.5, 0.6) is 0 Å². The zero-order valence-corrected chi connectivity index (χ0v) is 19.2. The second kappa shape index (κ2) is 7.22. The smallest absolute Gasteiger partial charge is 0.0615 e. The van der Waals surface area contributed by atoms with E-state index in [0.29, 0.717) is 0 Å². The van der Waals surface area contributed by atoms with Crippen LogP contribution in [0.1, 0.15) is 22.3 Å². The van der Waals surface area contributed by atoms with Gasteiger partial charge in [-0.25, -0.2) is 0 Å². The summed E-state index contributed by atoms with van der Waals surface area (Å²) < 4.78 is 0. The van der Waals surface area contributed by atoms with E-state index in [1.807, 2.05) is 36.4 Å². The van der Waals surface area contributed by atoms with Gasteiger partial charge in [-0.1, -0.05) is 78.9 Å². The van der Waals surface area contributed by atoms with Crippen LogP contribution < -0.4 is 21.9 Å². The fraction of sp³-hybridized carbons (Fsp3) is 0.0303. The van der Waals surface area contributed by atoms with Crippen LogP contribution in [0.2, 0.25) is 0 Å². The highest BCUT2D eigenvalue weighted by Gasteiger charge is 2.34. The molecule has 0 amide bonds. The van der Waals surface area contributed by atoms with E-state index in [-0.39, 0.29) is 0 Å². The van der Waals surface area contributed by atoms with Crippen LogP contribution in [0.15, 0.2) is 103 Å². The minimum atomic E-state index is -0.544. The second-order valence-electron chi connectivity index (χ2n) is 9.52. The predicted molar refractivity (Wildman–Crippen MR) is 147 cm³/mol. The molecule has 166 valence electrons. The van der Waals surface area contributed by atoms with Gasteiger partial charge in [-0.05, 0) is 96.4 Å². The van der Waals surface area contributed by atoms with Gasteiger partial charge < -0.3 is 11.5 Å². The first-order valence-electron chi connectivity index (χ1n) is 11.9. The fourth-order valence-corrected chi connectivity index (χ4v) is 5.79. The Hall–Kier alpha value is -4.56. The molecule has 0 aliphatic heterocycles. The Kier molecular flexibility index (Phi) is 4.10. The summed E-state index contributed by atoms with van der Waals surface area (Å²) in [5.74, 6) is 0. The Bertz CT molecular complexity index is 1880. The van der Waals surface area contributed by atoms with Gasteiger partial charge in [0.1, 0.15) is 0 Å². The molecule has 7 rings (SSSR count). The van der Waals surface area contributed by atoms with E-state index in [0.717, 1.165) is 22.5 Å². The molecule has 0 atom stereocenters. The van der Waals surface area contributed by atoms with Crippen molar-refractivity contribution in [3.63, 3.8) is 0 Å². The number of para-hydroxylation sites is 2. The lowest BCUT2D eigenvalue weighted by molar-refractivity contribution is 0.868. The van der Waals surface area contributed by atoms with Crippen molar-refractivity contribution < 1.29 is 0 Å². The van der Waals surface area contributed by atoms with E-state index < -0.39 is 5.41 Å². The molecule has 0 aromatic heterocycles. The molecule has 0 radical (unpaired) electrons. The quantitative estimate of drug-likeness (QED) is 0.357. The van der Waals surface area contributed by atoms with Gasteiger partial charge in [0.05, 0.1) is 5.41 Å². The molecule has 0 bridgehead atoms. The lowest BCUT2D eigenvalue weighted by atomic mass is 9.70. The Balaban J connectivity index is 1.54. The summed E-state index contributed by atoms with van der Waals surface area (Å²) in [6.07, 6.45) is 9.11. The summed E-state index contributed by atoms with van der Waals surface area (Å²) in [7, 11) is 0. The van der Waals surface area contributed by atoms with Crippen LogP contribution in [-0.4, -0.2) is 0 Å². The lowest BCUT2D eigenvalue weighted by Crippen LogP contribution is -2.30. The minimum absolute atomic E-state index is 0.544. The highest BCUT2D eigenvalue weighted by molar-refractivity contribution is 5.84. The van der Waals surface area contributed by atoms with Crippen LogP contribution in [0.3, 0.4) is 0 Å². The van der Waals surface area contributed by atoms with Gasteiger partial charge in [0.2, 0.25) is 0 Å². The number of fused-ring (bicyclic) bond motifs is 4. The SMILES string of the molecule is Nc1ccccc1C1(c2ccccc2N)C=Cc2cc3c(cc2=C1)C=c1cc2ccccc2cc1=3. The Morgan fingerprint density at radius 2 is 1.17 bits per heavy atom. The first-order chi connectivity index (χ1) is 17.1. The predicted octanol–water partition coefficient (Wildman–Crippen LogP) is 5.23. The normalized spacial score (nSPS) is 14.5. The van der Waals surface area contributed by atoms with E-state index in [9.17, 15) is 0 Å². The van der Waals surface area contributed by atoms with Gasteiger partial charge in [0.15, 0.2) is 0 Å². The standard InChI is InChI=1S/C33H24N2/c34-31-11-5-3-9-29(31)33(30-10-4-6-12-32(30)35)14-13-23-19-28-25(17-26(23)20-33)16-24-15-21-7-1-2-8-22(21)18-27(24)28/h1-20H,34-35H2. The van der Waals surface area contributed by atoms with E-state index >= 15 is 0 Å². The number of hydrogen-bond donors (Lipinski definition) is 2. The molecule has 0 heterocycles. The van der Waals surface area contributed by atoms with Gasteiger partial charge in [-0.2, -0.15) is 0 Å². The molecule has 2 heteroatoms. The Morgan fingerprint density at radius 1 is 0.543 bits per heavy atom. The molecule has 4 N–H and O–H groups in total. The molecule has 2 aliphatic carbocycles. The number of nitrogen functional groups attached to an aromatic ring is 2. The van der Waals surface area contributed by atoms with Gasteiger partial charge in [0.25, 0.3) is 0 Å². The van der Waals surface area contributed by atoms with Crippen molar-refractivity contribution in [3.05, 3.63) is 146 Å². The minimum Gasteiger partial charge on any atom is -0.398 e. The lowest BCUT2D eigenvalue weighted by Gasteiger charge is -2.33. The summed E-state index contributed by atoms with van der Waals surface area (Å²) >= 11 is 0. The summed E-state index contributed by atoms with van der Waals surface area (Å²) in [6, 6.07) is 34.0. The van der Waals surface area contributed by atoms with E-state index in [1.54, 1.807) is 0 Å². The monoisotopic (exact) mass is 448 g/mol. The fourth-order valence-electron chi connectivity index (χ4n) is 5.79. The molecule has 2 nitrogen and oxygen atoms in total. The van der Waals surface area contributed by atoms with E-state index in [2.05, 4.69) is 85.0 Å². The van der Waals surface area contributed by atoms with Crippen molar-refractivity contribution in [2.45, 2.75) is 5.41 Å². The third-order valence-corrected chi connectivity index (χ3v) is 7.50. The zero-order valence-electron chi connectivity index (χ0n) is 19.2. The maximum atomic E-state index is 6.54. The topological polar surface area (TPSA) is 52.0 Å². The van der Waals surface area contributed by atoms with Crippen molar-refractivity contribution in [1.82, 2.24) is 0 Å². The summed E-state index contributed by atoms with van der Waals surface area (Å²) in [5.41, 5.74) is 18.6. The maximum absolute atomic E-state index is 6.54. The van der Waals surface area contributed by atoms with Gasteiger partial charge in [0, 0.05) is 11.4 Å². The van der Waals surface area contributed by atoms with Crippen LogP contribution in [0, 0.1) is 10.4 Å². The van der Waals surface area contributed by atoms with Gasteiger partial charge in [-0.15, -0.1) is 0 Å². The zero-order chi connectivity index (χ0) is 23.6. The molecular formula is C33H24N2. The molecule has 5 aromatic rings. The molecule has 0 saturated heterocycles. The van der Waals surface area contributed by atoms with Crippen LogP contribution in [0.4, 0.5) is 11.4 Å². The maximum Gasteiger partial charge on any atom is 0.0615 e. The van der Waals surface area contributed by atoms with E-state index in [4.69, 9.17) is 11.5 Å². The van der Waals surface area contributed by atoms with Crippen LogP contribution in [0.25, 0.3) is 29.0 Å². The first-order valence-corrected chi connectivity index (χ1v) is 11.9. The number of allylic oxidation sites excluding steroid dienone is 1. The first kappa shape index (κ1) is 19.9. The van der Waals surface area contributed by atoms with E-state index in [1.165, 1.54) is 42.8 Å². The summed E-state index contributed by atoms with van der Waals surface area (Å²) in [6.45, 7) is 0. The third-order valence-electron chi connectivity index (χ3n) is 7.50. The molecule has 2 aliphatic rings. The number of rotatable bonds is 2. The molecule has 0 unspecified atom stereocenters. The van der Waals surface area contributed by atoms with Crippen molar-refractivity contribution in [2.75, 3.05) is 11.5 Å². The molecule has 0 spiro atoms. The van der Waals surface area contributed by atoms with Crippen molar-refractivity contribution >= 4 is 40.4 Å². The number of hydrogen-bond acceptors (Lipinski definition) is 2. The average Bonchev–Trinajstić information content (AvgIpc) is 3.22. The molecular weight excluding hydrogens is 424 g/mol. The molecule has 0 saturated carbocycles. The Morgan fingerprint density at radius 3 is 1.86 bits per heavy atom. The van der Waals surface area contributed by atoms with Crippen molar-refractivity contribution in [1.29, 1.82) is 0 Å². The van der Waals surface area contributed by atoms with Gasteiger partial charge >= 0.3 is 0 Å². The Labute approximate surface area is 203 Å². The largest absolute Gasteiger partial charge is 0.398 e. The van der Waals surface area contributed by atoms with Crippen LogP contribution in [-0.2, 0) is 5.41 Å². The highest BCUT2D eigenvalue weighted by Crippen LogP contribution is 2.43. The molecule has 5 aromatic carbocycles. The van der Waals surface area contributed by atoms with Crippen molar-refractivity contribution in [3.8, 4) is 0 Å². The number of anilines is 2. The number of benzene rings is 5. The highest BCUT2D eigenvalue weighted by atomic mass is 14.6. The van der Waals surface area contributed by atoms with Gasteiger partial charge in [-0.3, -0.25) is 0 Å². The van der Waals surface area contributed by atoms with Crippen LogP contribution >= 0.6 is 0 Å². The average molecular weight is 449 g/mol. The summed E-state index contributed by atoms with van der Waals surface area (Å²) in [5, 5.41) is 7.58. The summed E-state index contributed by atoms with van der Waals surface area (Å²) in [4.78, 5) is 0. The molecule has 0 fully saturated rings. The third kappa shape index (κ3) is 2.90. The van der Waals surface area contributed by atoms with Crippen molar-refractivity contribution in [2.24, 2.45) is 0 Å². The second-order valence-corrected chi connectivity index (χ2v) is 9.52. The number of nitrogens with two attached hydrogens (primary N) is 2.